The van der Waals surface area contributed by atoms with Gasteiger partial charge in [-0.2, -0.15) is 0 Å². The number of aromatic nitrogens is 1. The molecule has 1 aromatic heterocycles. The van der Waals surface area contributed by atoms with Crippen molar-refractivity contribution in [2.24, 2.45) is 0 Å². The van der Waals surface area contributed by atoms with Gasteiger partial charge in [0, 0.05) is 24.0 Å². The number of benzene rings is 1. The topological polar surface area (TPSA) is 147 Å². The van der Waals surface area contributed by atoms with Crippen molar-refractivity contribution >= 4 is 22.4 Å². The van der Waals surface area contributed by atoms with Gasteiger partial charge in [-0.05, 0) is 37.8 Å². The summed E-state index contributed by atoms with van der Waals surface area (Å²) in [5.74, 6) is -0.968. The maximum absolute atomic E-state index is 10.9. The first-order valence-corrected chi connectivity index (χ1v) is 11.0. The quantitative estimate of drug-likeness (QED) is 0.267. The molecule has 0 aliphatic carbocycles. The van der Waals surface area contributed by atoms with E-state index in [0.29, 0.717) is 35.8 Å². The van der Waals surface area contributed by atoms with Crippen molar-refractivity contribution in [2.45, 2.75) is 76.3 Å². The van der Waals surface area contributed by atoms with E-state index in [1.165, 1.54) is 4.57 Å². The SMILES string of the molecule is O=C(O)CCCCCCCCNc1cccc2c(O)n(C3CCC(O)NC3O)c(O)c12. The second kappa shape index (κ2) is 10.7. The molecule has 0 bridgehead atoms. The Kier molecular flexibility index (Phi) is 8.00. The molecule has 1 aliphatic heterocycles. The standard InChI is InChI=1S/C22H33N3O6/c26-17-12-11-16(20(29)24-17)25-21(30)14-8-7-9-15(19(14)22(25)31)23-13-6-4-2-1-3-5-10-18(27)28/h7-9,16-17,20,23-24,26,29-31H,1-6,10-13H2,(H,27,28). The van der Waals surface area contributed by atoms with Crippen LogP contribution >= 0.6 is 0 Å². The number of piperidine rings is 1. The average Bonchev–Trinajstić information content (AvgIpc) is 2.98. The number of nitrogens with zero attached hydrogens (tertiary/aromatic N) is 1. The maximum Gasteiger partial charge on any atom is 0.303 e. The van der Waals surface area contributed by atoms with Crippen molar-refractivity contribution in [2.75, 3.05) is 11.9 Å². The molecule has 172 valence electrons. The number of aliphatic carboxylic acids is 1. The third-order valence-corrected chi connectivity index (χ3v) is 5.91. The second-order valence-corrected chi connectivity index (χ2v) is 8.21. The number of carboxylic acid groups (broad SMARTS) is 1. The summed E-state index contributed by atoms with van der Waals surface area (Å²) in [6.07, 6.45) is 4.82. The predicted octanol–water partition coefficient (Wildman–Crippen LogP) is 2.84. The largest absolute Gasteiger partial charge is 0.494 e. The Balaban J connectivity index is 1.59. The summed E-state index contributed by atoms with van der Waals surface area (Å²) in [7, 11) is 0. The Hall–Kier alpha value is -2.49. The van der Waals surface area contributed by atoms with E-state index in [2.05, 4.69) is 10.6 Å². The second-order valence-electron chi connectivity index (χ2n) is 8.21. The minimum atomic E-state index is -1.09. The van der Waals surface area contributed by atoms with Crippen LogP contribution < -0.4 is 10.6 Å². The lowest BCUT2D eigenvalue weighted by molar-refractivity contribution is -0.137. The molecule has 9 nitrogen and oxygen atoms in total. The summed E-state index contributed by atoms with van der Waals surface area (Å²) < 4.78 is 1.33. The molecule has 0 spiro atoms. The lowest BCUT2D eigenvalue weighted by atomic mass is 10.0. The first kappa shape index (κ1) is 23.2. The minimum Gasteiger partial charge on any atom is -0.494 e. The van der Waals surface area contributed by atoms with Crippen molar-refractivity contribution in [3.8, 4) is 11.8 Å². The Morgan fingerprint density at radius 1 is 1.03 bits per heavy atom. The highest BCUT2D eigenvalue weighted by Gasteiger charge is 2.33. The molecule has 1 saturated heterocycles. The lowest BCUT2D eigenvalue weighted by Gasteiger charge is -2.33. The smallest absolute Gasteiger partial charge is 0.303 e. The molecule has 1 aromatic carbocycles. The van der Waals surface area contributed by atoms with Crippen LogP contribution in [-0.4, -0.2) is 55.1 Å². The molecule has 3 unspecified atom stereocenters. The molecule has 31 heavy (non-hydrogen) atoms. The fraction of sp³-hybridized carbons (Fsp3) is 0.591. The van der Waals surface area contributed by atoms with E-state index in [9.17, 15) is 25.2 Å². The van der Waals surface area contributed by atoms with E-state index < -0.39 is 24.5 Å². The van der Waals surface area contributed by atoms with Crippen LogP contribution in [-0.2, 0) is 4.79 Å². The van der Waals surface area contributed by atoms with Gasteiger partial charge < -0.3 is 30.8 Å². The van der Waals surface area contributed by atoms with Crippen LogP contribution in [0.4, 0.5) is 5.69 Å². The predicted molar refractivity (Wildman–Crippen MR) is 117 cm³/mol. The van der Waals surface area contributed by atoms with E-state index in [0.717, 1.165) is 38.5 Å². The molecule has 9 heteroatoms. The molecule has 3 atom stereocenters. The zero-order valence-electron chi connectivity index (χ0n) is 17.6. The monoisotopic (exact) mass is 435 g/mol. The van der Waals surface area contributed by atoms with Crippen molar-refractivity contribution in [3.05, 3.63) is 18.2 Å². The number of carboxylic acids is 1. The number of hydrogen-bond acceptors (Lipinski definition) is 7. The molecule has 2 heterocycles. The first-order chi connectivity index (χ1) is 14.9. The number of aliphatic hydroxyl groups is 2. The number of rotatable bonds is 11. The lowest BCUT2D eigenvalue weighted by Crippen LogP contribution is -2.47. The normalized spacial score (nSPS) is 21.4. The fourth-order valence-corrected chi connectivity index (χ4v) is 4.27. The summed E-state index contributed by atoms with van der Waals surface area (Å²) >= 11 is 0. The van der Waals surface area contributed by atoms with Gasteiger partial charge in [0.25, 0.3) is 0 Å². The first-order valence-electron chi connectivity index (χ1n) is 11.0. The molecule has 1 fully saturated rings. The van der Waals surface area contributed by atoms with Crippen molar-refractivity contribution < 1.29 is 30.3 Å². The number of aromatic hydroxyl groups is 2. The van der Waals surface area contributed by atoms with Gasteiger partial charge in [0.05, 0.1) is 11.4 Å². The van der Waals surface area contributed by atoms with E-state index in [4.69, 9.17) is 5.11 Å². The number of anilines is 1. The van der Waals surface area contributed by atoms with E-state index in [1.54, 1.807) is 12.1 Å². The molecule has 0 saturated carbocycles. The van der Waals surface area contributed by atoms with Gasteiger partial charge in [-0.3, -0.25) is 14.7 Å². The van der Waals surface area contributed by atoms with Gasteiger partial charge in [0.1, 0.15) is 12.5 Å². The third kappa shape index (κ3) is 5.61. The molecular weight excluding hydrogens is 402 g/mol. The van der Waals surface area contributed by atoms with Crippen LogP contribution in [0.1, 0.15) is 63.8 Å². The highest BCUT2D eigenvalue weighted by molar-refractivity contribution is 6.02. The summed E-state index contributed by atoms with van der Waals surface area (Å²) in [6, 6.07) is 4.78. The van der Waals surface area contributed by atoms with Gasteiger partial charge in [-0.25, -0.2) is 0 Å². The van der Waals surface area contributed by atoms with Crippen LogP contribution in [0.3, 0.4) is 0 Å². The summed E-state index contributed by atoms with van der Waals surface area (Å²) in [5, 5.41) is 57.1. The summed E-state index contributed by atoms with van der Waals surface area (Å²) in [5.41, 5.74) is 0.712. The van der Waals surface area contributed by atoms with Crippen LogP contribution in [0.25, 0.3) is 10.8 Å². The molecule has 7 N–H and O–H groups in total. The highest BCUT2D eigenvalue weighted by Crippen LogP contribution is 2.44. The van der Waals surface area contributed by atoms with Crippen LogP contribution in [0.15, 0.2) is 18.2 Å². The number of hydrogen-bond donors (Lipinski definition) is 7. The Morgan fingerprint density at radius 3 is 2.45 bits per heavy atom. The van der Waals surface area contributed by atoms with E-state index in [1.807, 2.05) is 6.07 Å². The fourth-order valence-electron chi connectivity index (χ4n) is 4.27. The number of aliphatic hydroxyl groups excluding tert-OH is 2. The summed E-state index contributed by atoms with van der Waals surface area (Å²) in [4.78, 5) is 10.5. The molecule has 2 aromatic rings. The highest BCUT2D eigenvalue weighted by atomic mass is 16.4. The Labute approximate surface area is 181 Å². The van der Waals surface area contributed by atoms with Gasteiger partial charge >= 0.3 is 5.97 Å². The molecule has 3 rings (SSSR count). The van der Waals surface area contributed by atoms with Gasteiger partial charge in [-0.15, -0.1) is 0 Å². The molecular formula is C22H33N3O6. The molecule has 0 radical (unpaired) electrons. The maximum atomic E-state index is 10.9. The molecule has 0 amide bonds. The van der Waals surface area contributed by atoms with Gasteiger partial charge in [0.15, 0.2) is 0 Å². The van der Waals surface area contributed by atoms with Crippen molar-refractivity contribution in [1.29, 1.82) is 0 Å². The summed E-state index contributed by atoms with van der Waals surface area (Å²) in [6.45, 7) is 0.708. The zero-order chi connectivity index (χ0) is 22.4. The number of carbonyl (C=O) groups is 1. The third-order valence-electron chi connectivity index (χ3n) is 5.91. The Bertz CT molecular complexity index is 884. The van der Waals surface area contributed by atoms with E-state index >= 15 is 0 Å². The minimum absolute atomic E-state index is 0.111. The number of unbranched alkanes of at least 4 members (excludes halogenated alkanes) is 5. The molecule has 1 aliphatic rings. The Morgan fingerprint density at radius 2 is 1.74 bits per heavy atom. The number of fused-ring (bicyclic) bond motifs is 1. The zero-order valence-corrected chi connectivity index (χ0v) is 17.6. The van der Waals surface area contributed by atoms with Gasteiger partial charge in [0.2, 0.25) is 11.8 Å². The van der Waals surface area contributed by atoms with Crippen molar-refractivity contribution in [3.63, 3.8) is 0 Å². The van der Waals surface area contributed by atoms with Crippen LogP contribution in [0.2, 0.25) is 0 Å². The van der Waals surface area contributed by atoms with Crippen LogP contribution in [0, 0.1) is 0 Å². The number of nitrogens with one attached hydrogen (secondary N) is 2. The average molecular weight is 436 g/mol. The van der Waals surface area contributed by atoms with Crippen LogP contribution in [0.5, 0.6) is 11.8 Å². The van der Waals surface area contributed by atoms with Gasteiger partial charge in [-0.1, -0.05) is 31.7 Å². The van der Waals surface area contributed by atoms with E-state index in [-0.39, 0.29) is 18.2 Å². The van der Waals surface area contributed by atoms with Crippen molar-refractivity contribution in [1.82, 2.24) is 9.88 Å².